The lowest BCUT2D eigenvalue weighted by Gasteiger charge is -2.32. The molecule has 2 aromatic heterocycles. The summed E-state index contributed by atoms with van der Waals surface area (Å²) < 4.78 is 6.07. The molecule has 3 heterocycles. The predicted octanol–water partition coefficient (Wildman–Crippen LogP) is 4.63. The summed E-state index contributed by atoms with van der Waals surface area (Å²) in [6.45, 7) is 6.26. The number of anilines is 1. The lowest BCUT2D eigenvalue weighted by Crippen LogP contribution is -2.39. The van der Waals surface area contributed by atoms with Gasteiger partial charge in [-0.05, 0) is 61.1 Å². The molecule has 5 rings (SSSR count). The number of benzene rings is 2. The van der Waals surface area contributed by atoms with Crippen molar-refractivity contribution in [1.29, 1.82) is 5.26 Å². The molecular formula is C28H28N6O3. The Bertz CT molecular complexity index is 1460. The summed E-state index contributed by atoms with van der Waals surface area (Å²) in [7, 11) is 0. The molecule has 0 unspecified atom stereocenters. The number of hydrogen-bond acceptors (Lipinski definition) is 8. The Kier molecular flexibility index (Phi) is 6.73. The lowest BCUT2D eigenvalue weighted by atomic mass is 9.97. The highest BCUT2D eigenvalue weighted by atomic mass is 16.3. The molecule has 0 atom stereocenters. The molecule has 0 bridgehead atoms. The molecule has 188 valence electrons. The molecule has 37 heavy (non-hydrogen) atoms. The first-order chi connectivity index (χ1) is 17.9. The van der Waals surface area contributed by atoms with E-state index < -0.39 is 0 Å². The number of carbonyl (C=O) groups is 1. The van der Waals surface area contributed by atoms with Crippen molar-refractivity contribution in [3.8, 4) is 23.4 Å². The van der Waals surface area contributed by atoms with Gasteiger partial charge in [0.25, 0.3) is 5.91 Å². The number of aromatic hydroxyl groups is 1. The second-order valence-electron chi connectivity index (χ2n) is 9.63. The SMILES string of the molecule is CC(C)c1cc(C#N)cc2nc(-c3ccc(C(=O)NCC4CCN(c5nccc(O)n5)CC4)cc3)oc12. The van der Waals surface area contributed by atoms with Gasteiger partial charge < -0.3 is 19.7 Å². The molecule has 1 amide bonds. The molecule has 0 spiro atoms. The third-order valence-electron chi connectivity index (χ3n) is 6.74. The summed E-state index contributed by atoms with van der Waals surface area (Å²) in [6.07, 6.45) is 3.36. The first kappa shape index (κ1) is 24.3. The summed E-state index contributed by atoms with van der Waals surface area (Å²) >= 11 is 0. The van der Waals surface area contributed by atoms with Gasteiger partial charge in [-0.3, -0.25) is 4.79 Å². The average molecular weight is 497 g/mol. The number of fused-ring (bicyclic) bond motifs is 1. The van der Waals surface area contributed by atoms with Gasteiger partial charge in [-0.25, -0.2) is 9.97 Å². The number of carbonyl (C=O) groups excluding carboxylic acids is 1. The van der Waals surface area contributed by atoms with Gasteiger partial charge in [0.2, 0.25) is 17.7 Å². The first-order valence-corrected chi connectivity index (χ1v) is 12.4. The van der Waals surface area contributed by atoms with E-state index in [9.17, 15) is 15.2 Å². The largest absolute Gasteiger partial charge is 0.493 e. The molecule has 1 aliphatic heterocycles. The summed E-state index contributed by atoms with van der Waals surface area (Å²) in [5, 5.41) is 22.0. The smallest absolute Gasteiger partial charge is 0.251 e. The number of aromatic nitrogens is 3. The summed E-state index contributed by atoms with van der Waals surface area (Å²) in [6, 6.07) is 14.4. The third kappa shape index (κ3) is 5.23. The third-order valence-corrected chi connectivity index (χ3v) is 6.74. The van der Waals surface area contributed by atoms with Gasteiger partial charge >= 0.3 is 0 Å². The highest BCUT2D eigenvalue weighted by Crippen LogP contribution is 2.31. The topological polar surface area (TPSA) is 128 Å². The van der Waals surface area contributed by atoms with Gasteiger partial charge in [-0.15, -0.1) is 0 Å². The lowest BCUT2D eigenvalue weighted by molar-refractivity contribution is 0.0945. The summed E-state index contributed by atoms with van der Waals surface area (Å²) in [5.41, 5.74) is 4.18. The monoisotopic (exact) mass is 496 g/mol. The molecule has 1 aliphatic rings. The van der Waals surface area contributed by atoms with Crippen molar-refractivity contribution in [2.24, 2.45) is 5.92 Å². The van der Waals surface area contributed by atoms with E-state index in [2.05, 4.69) is 40.2 Å². The Morgan fingerprint density at radius 2 is 1.95 bits per heavy atom. The minimum atomic E-state index is -0.122. The molecule has 4 aromatic rings. The number of piperidine rings is 1. The van der Waals surface area contributed by atoms with Crippen LogP contribution in [0.4, 0.5) is 5.95 Å². The Hall–Kier alpha value is -4.45. The molecule has 0 radical (unpaired) electrons. The molecule has 0 saturated carbocycles. The van der Waals surface area contributed by atoms with Crippen molar-refractivity contribution >= 4 is 23.0 Å². The fraction of sp³-hybridized carbons (Fsp3) is 0.321. The number of nitrogens with zero attached hydrogens (tertiary/aromatic N) is 5. The molecule has 1 saturated heterocycles. The minimum Gasteiger partial charge on any atom is -0.493 e. The van der Waals surface area contributed by atoms with E-state index in [1.165, 1.54) is 6.07 Å². The number of hydrogen-bond donors (Lipinski definition) is 2. The van der Waals surface area contributed by atoms with Crippen LogP contribution in [0.1, 0.15) is 54.1 Å². The zero-order chi connectivity index (χ0) is 25.9. The van der Waals surface area contributed by atoms with Crippen LogP contribution >= 0.6 is 0 Å². The number of amides is 1. The van der Waals surface area contributed by atoms with E-state index in [0.29, 0.717) is 46.5 Å². The normalized spacial score (nSPS) is 14.2. The van der Waals surface area contributed by atoms with Gasteiger partial charge in [0.1, 0.15) is 5.52 Å². The van der Waals surface area contributed by atoms with E-state index in [0.717, 1.165) is 37.1 Å². The van der Waals surface area contributed by atoms with Gasteiger partial charge in [0.15, 0.2) is 5.58 Å². The zero-order valence-corrected chi connectivity index (χ0v) is 20.8. The van der Waals surface area contributed by atoms with E-state index in [1.54, 1.807) is 24.4 Å². The van der Waals surface area contributed by atoms with Crippen LogP contribution in [0.2, 0.25) is 0 Å². The van der Waals surface area contributed by atoms with Crippen LogP contribution in [0.5, 0.6) is 5.88 Å². The quantitative estimate of drug-likeness (QED) is 0.395. The molecular weight excluding hydrogens is 468 g/mol. The van der Waals surface area contributed by atoms with Crippen LogP contribution in [0.15, 0.2) is 53.1 Å². The zero-order valence-electron chi connectivity index (χ0n) is 20.8. The second-order valence-corrected chi connectivity index (χ2v) is 9.63. The standard InChI is InChI=1S/C28H28N6O3/c1-17(2)22-13-19(15-29)14-23-25(22)37-27(32-23)21-5-3-20(4-6-21)26(36)31-16-18-8-11-34(12-9-18)28-30-10-7-24(35)33-28/h3-7,10,13-14,17-18H,8-9,11-12,16H2,1-2H3,(H,31,36)(H,30,33,35). The molecule has 9 heteroatoms. The van der Waals surface area contributed by atoms with E-state index in [1.807, 2.05) is 23.1 Å². The highest BCUT2D eigenvalue weighted by molar-refractivity contribution is 5.94. The minimum absolute atomic E-state index is 0.0325. The van der Waals surface area contributed by atoms with Crippen molar-refractivity contribution < 1.29 is 14.3 Å². The van der Waals surface area contributed by atoms with Gasteiger partial charge in [-0.2, -0.15) is 10.2 Å². The fourth-order valence-electron chi connectivity index (χ4n) is 4.61. The molecule has 1 fully saturated rings. The number of rotatable bonds is 6. The van der Waals surface area contributed by atoms with E-state index in [4.69, 9.17) is 4.42 Å². The van der Waals surface area contributed by atoms with E-state index in [-0.39, 0.29) is 17.7 Å². The molecule has 0 aliphatic carbocycles. The first-order valence-electron chi connectivity index (χ1n) is 12.4. The van der Waals surface area contributed by atoms with Crippen LogP contribution < -0.4 is 10.2 Å². The molecule has 9 nitrogen and oxygen atoms in total. The van der Waals surface area contributed by atoms with Crippen molar-refractivity contribution in [3.63, 3.8) is 0 Å². The summed E-state index contributed by atoms with van der Waals surface area (Å²) in [5.74, 6) is 1.40. The maximum absolute atomic E-state index is 12.8. The van der Waals surface area contributed by atoms with Crippen molar-refractivity contribution in [3.05, 3.63) is 65.4 Å². The van der Waals surface area contributed by atoms with Gasteiger partial charge in [0.05, 0.1) is 11.6 Å². The predicted molar refractivity (Wildman–Crippen MR) is 139 cm³/mol. The fourth-order valence-corrected chi connectivity index (χ4v) is 4.61. The Morgan fingerprint density at radius 3 is 2.62 bits per heavy atom. The maximum Gasteiger partial charge on any atom is 0.251 e. The number of nitriles is 1. The Labute approximate surface area is 214 Å². The maximum atomic E-state index is 12.8. The van der Waals surface area contributed by atoms with Crippen molar-refractivity contribution in [1.82, 2.24) is 20.3 Å². The van der Waals surface area contributed by atoms with Gasteiger partial charge in [-0.1, -0.05) is 13.8 Å². The second kappa shape index (κ2) is 10.3. The van der Waals surface area contributed by atoms with Crippen LogP contribution in [-0.4, -0.2) is 45.6 Å². The van der Waals surface area contributed by atoms with E-state index >= 15 is 0 Å². The highest BCUT2D eigenvalue weighted by Gasteiger charge is 2.22. The molecule has 2 aromatic carbocycles. The van der Waals surface area contributed by atoms with Crippen LogP contribution in [0.3, 0.4) is 0 Å². The molecule has 2 N–H and O–H groups in total. The number of oxazole rings is 1. The number of nitrogens with one attached hydrogen (secondary N) is 1. The summed E-state index contributed by atoms with van der Waals surface area (Å²) in [4.78, 5) is 27.7. The Balaban J connectivity index is 1.20. The van der Waals surface area contributed by atoms with Gasteiger partial charge in [0, 0.05) is 48.6 Å². The van der Waals surface area contributed by atoms with Crippen LogP contribution in [0.25, 0.3) is 22.6 Å². The van der Waals surface area contributed by atoms with Crippen molar-refractivity contribution in [2.45, 2.75) is 32.6 Å². The van der Waals surface area contributed by atoms with Crippen LogP contribution in [-0.2, 0) is 0 Å². The average Bonchev–Trinajstić information content (AvgIpc) is 3.35. The Morgan fingerprint density at radius 1 is 1.19 bits per heavy atom. The van der Waals surface area contributed by atoms with Crippen molar-refractivity contribution in [2.75, 3.05) is 24.5 Å². The van der Waals surface area contributed by atoms with Crippen LogP contribution in [0, 0.1) is 17.2 Å².